The smallest absolute Gasteiger partial charge is 0.163 e. The van der Waals surface area contributed by atoms with Crippen molar-refractivity contribution >= 4 is 5.78 Å². The van der Waals surface area contributed by atoms with Gasteiger partial charge < -0.3 is 0 Å². The fraction of sp³-hybridized carbons (Fsp3) is 0.333. The molecule has 102 valence electrons. The van der Waals surface area contributed by atoms with Gasteiger partial charge in [-0.3, -0.25) is 9.78 Å². The highest BCUT2D eigenvalue weighted by atomic mass is 16.1. The second kappa shape index (κ2) is 6.00. The van der Waals surface area contributed by atoms with Crippen molar-refractivity contribution in [3.05, 3.63) is 65.5 Å². The zero-order valence-corrected chi connectivity index (χ0v) is 11.6. The molecule has 2 aromatic rings. The number of aryl methyl sites for hydroxylation is 1. The van der Waals surface area contributed by atoms with Gasteiger partial charge in [0.15, 0.2) is 5.78 Å². The highest BCUT2D eigenvalue weighted by Crippen LogP contribution is 2.38. The van der Waals surface area contributed by atoms with Gasteiger partial charge in [-0.2, -0.15) is 0 Å². The SMILES string of the molecule is O=C(CCc1ccccn1)c1ccccc1C1CCC1. The van der Waals surface area contributed by atoms with E-state index in [-0.39, 0.29) is 5.78 Å². The summed E-state index contributed by atoms with van der Waals surface area (Å²) in [5.41, 5.74) is 3.17. The van der Waals surface area contributed by atoms with E-state index >= 15 is 0 Å². The Morgan fingerprint density at radius 1 is 1.10 bits per heavy atom. The maximum atomic E-state index is 12.5. The summed E-state index contributed by atoms with van der Waals surface area (Å²) in [7, 11) is 0. The largest absolute Gasteiger partial charge is 0.294 e. The van der Waals surface area contributed by atoms with Crippen LogP contribution in [-0.2, 0) is 6.42 Å². The summed E-state index contributed by atoms with van der Waals surface area (Å²) < 4.78 is 0. The van der Waals surface area contributed by atoms with Crippen LogP contribution in [0.2, 0.25) is 0 Å². The van der Waals surface area contributed by atoms with Crippen molar-refractivity contribution in [3.8, 4) is 0 Å². The zero-order chi connectivity index (χ0) is 13.8. The molecule has 0 N–H and O–H groups in total. The number of Topliss-reactive ketones (excluding diaryl/α,β-unsaturated/α-hetero) is 1. The fourth-order valence-electron chi connectivity index (χ4n) is 2.75. The van der Waals surface area contributed by atoms with Gasteiger partial charge in [0.05, 0.1) is 0 Å². The Hall–Kier alpha value is -1.96. The lowest BCUT2D eigenvalue weighted by Gasteiger charge is -2.27. The van der Waals surface area contributed by atoms with Gasteiger partial charge in [-0.25, -0.2) is 0 Å². The quantitative estimate of drug-likeness (QED) is 0.760. The predicted octanol–water partition coefficient (Wildman–Crippen LogP) is 4.16. The van der Waals surface area contributed by atoms with Gasteiger partial charge in [0.2, 0.25) is 0 Å². The molecule has 1 heterocycles. The van der Waals surface area contributed by atoms with Crippen molar-refractivity contribution in [2.24, 2.45) is 0 Å². The van der Waals surface area contributed by atoms with E-state index in [4.69, 9.17) is 0 Å². The molecule has 0 spiro atoms. The lowest BCUT2D eigenvalue weighted by atomic mass is 9.77. The average Bonchev–Trinajstić information content (AvgIpc) is 2.45. The molecular weight excluding hydrogens is 246 g/mol. The molecule has 1 fully saturated rings. The van der Waals surface area contributed by atoms with E-state index < -0.39 is 0 Å². The first kappa shape index (κ1) is 13.0. The molecule has 1 aromatic carbocycles. The van der Waals surface area contributed by atoms with E-state index in [9.17, 15) is 4.79 Å². The first-order chi connectivity index (χ1) is 9.84. The Morgan fingerprint density at radius 3 is 2.60 bits per heavy atom. The summed E-state index contributed by atoms with van der Waals surface area (Å²) in [4.78, 5) is 16.7. The van der Waals surface area contributed by atoms with E-state index in [1.807, 2.05) is 36.4 Å². The van der Waals surface area contributed by atoms with Crippen molar-refractivity contribution in [2.45, 2.75) is 38.0 Å². The van der Waals surface area contributed by atoms with Gasteiger partial charge in [-0.05, 0) is 42.9 Å². The van der Waals surface area contributed by atoms with E-state index in [0.29, 0.717) is 12.3 Å². The number of pyridine rings is 1. The molecule has 20 heavy (non-hydrogen) atoms. The van der Waals surface area contributed by atoms with Crippen molar-refractivity contribution in [3.63, 3.8) is 0 Å². The molecule has 2 nitrogen and oxygen atoms in total. The third kappa shape index (κ3) is 2.79. The minimum Gasteiger partial charge on any atom is -0.294 e. The highest BCUT2D eigenvalue weighted by Gasteiger charge is 2.23. The first-order valence-electron chi connectivity index (χ1n) is 7.36. The van der Waals surface area contributed by atoms with Crippen molar-refractivity contribution in [1.29, 1.82) is 0 Å². The molecule has 0 unspecified atom stereocenters. The average molecular weight is 265 g/mol. The molecule has 2 heteroatoms. The standard InChI is InChI=1S/C18H19NO/c20-18(12-11-15-8-3-4-13-19-15)17-10-2-1-9-16(17)14-6-5-7-14/h1-4,8-10,13-14H,5-7,11-12H2. The maximum absolute atomic E-state index is 12.5. The Labute approximate surface area is 119 Å². The number of benzene rings is 1. The minimum absolute atomic E-state index is 0.248. The number of aromatic nitrogens is 1. The van der Waals surface area contributed by atoms with Crippen LogP contribution in [-0.4, -0.2) is 10.8 Å². The normalized spacial score (nSPS) is 14.8. The van der Waals surface area contributed by atoms with Crippen LogP contribution >= 0.6 is 0 Å². The van der Waals surface area contributed by atoms with Gasteiger partial charge >= 0.3 is 0 Å². The predicted molar refractivity (Wildman–Crippen MR) is 79.9 cm³/mol. The summed E-state index contributed by atoms with van der Waals surface area (Å²) in [5, 5.41) is 0. The molecule has 3 rings (SSSR count). The van der Waals surface area contributed by atoms with Gasteiger partial charge in [0, 0.05) is 23.9 Å². The number of hydrogen-bond acceptors (Lipinski definition) is 2. The van der Waals surface area contributed by atoms with Crippen LogP contribution < -0.4 is 0 Å². The lowest BCUT2D eigenvalue weighted by Crippen LogP contribution is -2.14. The van der Waals surface area contributed by atoms with Crippen LogP contribution in [0.3, 0.4) is 0 Å². The lowest BCUT2D eigenvalue weighted by molar-refractivity contribution is 0.0980. The third-order valence-corrected chi connectivity index (χ3v) is 4.14. The van der Waals surface area contributed by atoms with Crippen LogP contribution in [0.15, 0.2) is 48.7 Å². The third-order valence-electron chi connectivity index (χ3n) is 4.14. The molecule has 1 aliphatic rings. The number of ketones is 1. The van der Waals surface area contributed by atoms with Gasteiger partial charge in [-0.1, -0.05) is 36.8 Å². The summed E-state index contributed by atoms with van der Waals surface area (Å²) in [5.74, 6) is 0.850. The number of carbonyl (C=O) groups is 1. The van der Waals surface area contributed by atoms with Crippen LogP contribution in [0, 0.1) is 0 Å². The Balaban J connectivity index is 1.71. The van der Waals surface area contributed by atoms with Crippen molar-refractivity contribution in [2.75, 3.05) is 0 Å². The monoisotopic (exact) mass is 265 g/mol. The van der Waals surface area contributed by atoms with Crippen molar-refractivity contribution in [1.82, 2.24) is 4.98 Å². The summed E-state index contributed by atoms with van der Waals surface area (Å²) in [6, 6.07) is 14.0. The van der Waals surface area contributed by atoms with Crippen molar-refractivity contribution < 1.29 is 4.79 Å². The molecular formula is C18H19NO. The summed E-state index contributed by atoms with van der Waals surface area (Å²) in [6.07, 6.45) is 6.79. The zero-order valence-electron chi connectivity index (χ0n) is 11.6. The van der Waals surface area contributed by atoms with Gasteiger partial charge in [-0.15, -0.1) is 0 Å². The molecule has 0 atom stereocenters. The van der Waals surface area contributed by atoms with Crippen LogP contribution in [0.5, 0.6) is 0 Å². The second-order valence-electron chi connectivity index (χ2n) is 5.46. The number of rotatable bonds is 5. The first-order valence-corrected chi connectivity index (χ1v) is 7.36. The molecule has 1 aromatic heterocycles. The Morgan fingerprint density at radius 2 is 1.90 bits per heavy atom. The molecule has 0 amide bonds. The fourth-order valence-corrected chi connectivity index (χ4v) is 2.75. The van der Waals surface area contributed by atoms with Crippen LogP contribution in [0.25, 0.3) is 0 Å². The number of hydrogen-bond donors (Lipinski definition) is 0. The molecule has 0 bridgehead atoms. The van der Waals surface area contributed by atoms with Crippen LogP contribution in [0.1, 0.15) is 53.2 Å². The molecule has 0 aliphatic heterocycles. The number of nitrogens with zero attached hydrogens (tertiary/aromatic N) is 1. The van der Waals surface area contributed by atoms with E-state index in [1.165, 1.54) is 24.8 Å². The molecule has 1 saturated carbocycles. The minimum atomic E-state index is 0.248. The highest BCUT2D eigenvalue weighted by molar-refractivity contribution is 5.97. The second-order valence-corrected chi connectivity index (χ2v) is 5.46. The molecule has 1 aliphatic carbocycles. The Kier molecular flexibility index (Phi) is 3.91. The van der Waals surface area contributed by atoms with E-state index in [1.54, 1.807) is 6.20 Å². The maximum Gasteiger partial charge on any atom is 0.163 e. The number of carbonyl (C=O) groups excluding carboxylic acids is 1. The summed E-state index contributed by atoms with van der Waals surface area (Å²) in [6.45, 7) is 0. The summed E-state index contributed by atoms with van der Waals surface area (Å²) >= 11 is 0. The molecule has 0 saturated heterocycles. The van der Waals surface area contributed by atoms with Crippen LogP contribution in [0.4, 0.5) is 0 Å². The van der Waals surface area contributed by atoms with Gasteiger partial charge in [0.1, 0.15) is 0 Å². The Bertz CT molecular complexity index is 587. The molecule has 0 radical (unpaired) electrons. The van der Waals surface area contributed by atoms with Gasteiger partial charge in [0.25, 0.3) is 0 Å². The topological polar surface area (TPSA) is 30.0 Å². The van der Waals surface area contributed by atoms with E-state index in [2.05, 4.69) is 11.1 Å². The van der Waals surface area contributed by atoms with E-state index in [0.717, 1.165) is 17.7 Å².